The second-order valence-electron chi connectivity index (χ2n) is 1.68. The van der Waals surface area contributed by atoms with E-state index in [1.54, 1.807) is 0 Å². The lowest BCUT2D eigenvalue weighted by Gasteiger charge is -1.83. The standard InChI is InChI=1S/C6H9NO3/c1-6(7(9)10)4-2-3-5-8/h2-4,8H,5H2,1H3/b3-2+,6-4+. The van der Waals surface area contributed by atoms with Gasteiger partial charge < -0.3 is 5.11 Å². The first-order valence-electron chi connectivity index (χ1n) is 2.77. The van der Waals surface area contributed by atoms with E-state index in [1.807, 2.05) is 0 Å². The molecule has 56 valence electrons. The minimum atomic E-state index is -0.484. The van der Waals surface area contributed by atoms with E-state index in [-0.39, 0.29) is 12.3 Å². The first-order valence-corrected chi connectivity index (χ1v) is 2.77. The van der Waals surface area contributed by atoms with Gasteiger partial charge in [-0.05, 0) is 0 Å². The number of rotatable bonds is 3. The molecule has 0 aliphatic carbocycles. The van der Waals surface area contributed by atoms with Gasteiger partial charge in [0.2, 0.25) is 5.70 Å². The largest absolute Gasteiger partial charge is 0.392 e. The fourth-order valence-corrected chi connectivity index (χ4v) is 0.329. The molecule has 0 amide bonds. The van der Waals surface area contributed by atoms with Crippen molar-refractivity contribution in [3.05, 3.63) is 34.0 Å². The van der Waals surface area contributed by atoms with Crippen LogP contribution >= 0.6 is 0 Å². The molecule has 0 bridgehead atoms. The summed E-state index contributed by atoms with van der Waals surface area (Å²) in [6, 6.07) is 0. The first-order chi connectivity index (χ1) is 4.68. The molecule has 0 radical (unpaired) electrons. The van der Waals surface area contributed by atoms with Gasteiger partial charge in [-0.1, -0.05) is 12.2 Å². The Morgan fingerprint density at radius 3 is 2.80 bits per heavy atom. The highest BCUT2D eigenvalue weighted by atomic mass is 16.6. The van der Waals surface area contributed by atoms with Crippen LogP contribution in [-0.4, -0.2) is 16.6 Å². The topological polar surface area (TPSA) is 63.4 Å². The second kappa shape index (κ2) is 4.69. The minimum absolute atomic E-state index is 0.0599. The maximum Gasteiger partial charge on any atom is 0.243 e. The fourth-order valence-electron chi connectivity index (χ4n) is 0.329. The molecule has 4 nitrogen and oxygen atoms in total. The van der Waals surface area contributed by atoms with Gasteiger partial charge in [-0.3, -0.25) is 10.1 Å². The van der Waals surface area contributed by atoms with Crippen LogP contribution in [0.3, 0.4) is 0 Å². The van der Waals surface area contributed by atoms with Gasteiger partial charge in [0.05, 0.1) is 11.5 Å². The number of nitrogens with zero attached hydrogens (tertiary/aromatic N) is 1. The third-order valence-corrected chi connectivity index (χ3v) is 0.867. The van der Waals surface area contributed by atoms with E-state index in [0.29, 0.717) is 0 Å². The lowest BCUT2D eigenvalue weighted by Crippen LogP contribution is -1.91. The van der Waals surface area contributed by atoms with E-state index < -0.39 is 4.92 Å². The molecule has 0 saturated heterocycles. The Morgan fingerprint density at radius 2 is 2.40 bits per heavy atom. The predicted octanol–water partition coefficient (Wildman–Crippen LogP) is 0.715. The van der Waals surface area contributed by atoms with Crippen LogP contribution < -0.4 is 0 Å². The second-order valence-corrected chi connectivity index (χ2v) is 1.68. The maximum absolute atomic E-state index is 9.93. The van der Waals surface area contributed by atoms with Crippen molar-refractivity contribution in [2.75, 3.05) is 6.61 Å². The van der Waals surface area contributed by atoms with E-state index in [1.165, 1.54) is 25.2 Å². The third kappa shape index (κ3) is 3.80. The Hall–Kier alpha value is -1.16. The molecule has 0 saturated carbocycles. The fraction of sp³-hybridized carbons (Fsp3) is 0.333. The number of nitro groups is 1. The van der Waals surface area contributed by atoms with E-state index >= 15 is 0 Å². The van der Waals surface area contributed by atoms with E-state index in [4.69, 9.17) is 5.11 Å². The highest BCUT2D eigenvalue weighted by Crippen LogP contribution is 1.92. The molecule has 0 unspecified atom stereocenters. The van der Waals surface area contributed by atoms with Gasteiger partial charge in [0.15, 0.2) is 0 Å². The molecule has 10 heavy (non-hydrogen) atoms. The van der Waals surface area contributed by atoms with Crippen molar-refractivity contribution in [1.29, 1.82) is 0 Å². The van der Waals surface area contributed by atoms with E-state index in [2.05, 4.69) is 0 Å². The van der Waals surface area contributed by atoms with Crippen LogP contribution in [-0.2, 0) is 0 Å². The lowest BCUT2D eigenvalue weighted by molar-refractivity contribution is -0.424. The zero-order chi connectivity index (χ0) is 7.98. The number of hydrogen-bond donors (Lipinski definition) is 1. The summed E-state index contributed by atoms with van der Waals surface area (Å²) in [4.78, 5) is 9.45. The van der Waals surface area contributed by atoms with Crippen LogP contribution in [0, 0.1) is 10.1 Å². The molecule has 0 spiro atoms. The van der Waals surface area contributed by atoms with Gasteiger partial charge in [-0.2, -0.15) is 0 Å². The molecule has 0 fully saturated rings. The van der Waals surface area contributed by atoms with Crippen molar-refractivity contribution in [3.8, 4) is 0 Å². The third-order valence-electron chi connectivity index (χ3n) is 0.867. The minimum Gasteiger partial charge on any atom is -0.392 e. The molecule has 0 aromatic carbocycles. The summed E-state index contributed by atoms with van der Waals surface area (Å²) in [7, 11) is 0. The number of allylic oxidation sites excluding steroid dienone is 3. The number of aliphatic hydroxyl groups is 1. The van der Waals surface area contributed by atoms with Crippen molar-refractivity contribution >= 4 is 0 Å². The van der Waals surface area contributed by atoms with Gasteiger partial charge in [0, 0.05) is 13.0 Å². The molecule has 0 atom stereocenters. The molecule has 0 aliphatic heterocycles. The summed E-state index contributed by atoms with van der Waals surface area (Å²) in [5.74, 6) is 0. The van der Waals surface area contributed by atoms with Gasteiger partial charge in [-0.15, -0.1) is 0 Å². The van der Waals surface area contributed by atoms with Gasteiger partial charge in [-0.25, -0.2) is 0 Å². The molecule has 1 N–H and O–H groups in total. The van der Waals surface area contributed by atoms with Crippen LogP contribution in [0.25, 0.3) is 0 Å². The summed E-state index contributed by atoms with van der Waals surface area (Å²) < 4.78 is 0. The zero-order valence-corrected chi connectivity index (χ0v) is 5.65. The van der Waals surface area contributed by atoms with Gasteiger partial charge in [0.25, 0.3) is 0 Å². The summed E-state index contributed by atoms with van der Waals surface area (Å²) in [6.07, 6.45) is 4.20. The summed E-state index contributed by atoms with van der Waals surface area (Å²) in [5.41, 5.74) is 0.0599. The number of aliphatic hydroxyl groups excluding tert-OH is 1. The smallest absolute Gasteiger partial charge is 0.243 e. The Labute approximate surface area is 58.6 Å². The Kier molecular flexibility index (Phi) is 4.15. The predicted molar refractivity (Wildman–Crippen MR) is 37.0 cm³/mol. The normalized spacial score (nSPS) is 12.4. The van der Waals surface area contributed by atoms with Crippen molar-refractivity contribution in [3.63, 3.8) is 0 Å². The average Bonchev–Trinajstić information content (AvgIpc) is 1.88. The molecule has 4 heteroatoms. The molecule has 0 aromatic rings. The highest BCUT2D eigenvalue weighted by Gasteiger charge is 1.96. The van der Waals surface area contributed by atoms with Crippen LogP contribution in [0.5, 0.6) is 0 Å². The zero-order valence-electron chi connectivity index (χ0n) is 5.65. The van der Waals surface area contributed by atoms with Gasteiger partial charge >= 0.3 is 0 Å². The Bertz CT molecular complexity index is 172. The van der Waals surface area contributed by atoms with Crippen LogP contribution in [0.4, 0.5) is 0 Å². The van der Waals surface area contributed by atoms with Crippen LogP contribution in [0.2, 0.25) is 0 Å². The Morgan fingerprint density at radius 1 is 1.80 bits per heavy atom. The van der Waals surface area contributed by atoms with E-state index in [0.717, 1.165) is 0 Å². The van der Waals surface area contributed by atoms with Crippen molar-refractivity contribution in [2.24, 2.45) is 0 Å². The molecular weight excluding hydrogens is 134 g/mol. The molecule has 0 aliphatic rings. The first kappa shape index (κ1) is 8.84. The monoisotopic (exact) mass is 143 g/mol. The van der Waals surface area contributed by atoms with Crippen molar-refractivity contribution < 1.29 is 10.0 Å². The molecular formula is C6H9NO3. The lowest BCUT2D eigenvalue weighted by atomic mass is 10.4. The summed E-state index contributed by atoms with van der Waals surface area (Å²) >= 11 is 0. The molecule has 0 heterocycles. The Balaban J connectivity index is 3.92. The van der Waals surface area contributed by atoms with Gasteiger partial charge in [0.1, 0.15) is 0 Å². The van der Waals surface area contributed by atoms with Crippen LogP contribution in [0.1, 0.15) is 6.92 Å². The quantitative estimate of drug-likeness (QED) is 0.359. The van der Waals surface area contributed by atoms with Crippen molar-refractivity contribution in [2.45, 2.75) is 6.92 Å². The number of hydrogen-bond acceptors (Lipinski definition) is 3. The van der Waals surface area contributed by atoms with Crippen molar-refractivity contribution in [1.82, 2.24) is 0 Å². The highest BCUT2D eigenvalue weighted by molar-refractivity contribution is 5.04. The summed E-state index contributed by atoms with van der Waals surface area (Å²) in [6.45, 7) is 1.29. The maximum atomic E-state index is 9.93. The molecule has 0 aromatic heterocycles. The average molecular weight is 143 g/mol. The SMILES string of the molecule is C/C(=C\C=C\CO)[N+](=O)[O-]. The summed E-state index contributed by atoms with van der Waals surface area (Å²) in [5, 5.41) is 18.2. The molecule has 0 rings (SSSR count). The van der Waals surface area contributed by atoms with E-state index in [9.17, 15) is 10.1 Å². The van der Waals surface area contributed by atoms with Crippen LogP contribution in [0.15, 0.2) is 23.9 Å².